The fourth-order valence-electron chi connectivity index (χ4n) is 4.06. The number of allylic oxidation sites excluding steroid dienone is 2. The molecule has 0 spiro atoms. The van der Waals surface area contributed by atoms with Gasteiger partial charge < -0.3 is 10.0 Å². The Bertz CT molecular complexity index is 1010. The molecule has 1 aliphatic heterocycles. The number of alkyl halides is 6. The molecule has 3 nitrogen and oxygen atoms in total. The lowest BCUT2D eigenvalue weighted by Crippen LogP contribution is -2.44. The first-order valence-corrected chi connectivity index (χ1v) is 10.7. The second-order valence-electron chi connectivity index (χ2n) is 7.89. The monoisotopic (exact) mass is 483 g/mol. The normalized spacial score (nSPS) is 17.1. The summed E-state index contributed by atoms with van der Waals surface area (Å²) in [7, 11) is 0. The van der Waals surface area contributed by atoms with Crippen molar-refractivity contribution in [3.05, 3.63) is 89.0 Å². The topological polar surface area (TPSA) is 40.5 Å². The molecule has 0 radical (unpaired) electrons. The van der Waals surface area contributed by atoms with E-state index in [1.165, 1.54) is 17.0 Å². The molecule has 1 heterocycles. The van der Waals surface area contributed by atoms with Gasteiger partial charge in [-0.25, -0.2) is 0 Å². The van der Waals surface area contributed by atoms with E-state index in [1.54, 1.807) is 0 Å². The smallest absolute Gasteiger partial charge is 0.394 e. The van der Waals surface area contributed by atoms with Gasteiger partial charge >= 0.3 is 12.4 Å². The van der Waals surface area contributed by atoms with Crippen molar-refractivity contribution < 1.29 is 36.2 Å². The number of piperidine rings is 1. The fourth-order valence-corrected chi connectivity index (χ4v) is 4.06. The largest absolute Gasteiger partial charge is 0.417 e. The SMILES string of the molecule is O=C(C=CC=C(c1ccccc1C(F)(F)F)c1ccccc1C(F)(F)F)N1CCCCC1CO. The van der Waals surface area contributed by atoms with Crippen molar-refractivity contribution in [2.24, 2.45) is 0 Å². The quantitative estimate of drug-likeness (QED) is 0.318. The number of hydrogen-bond acceptors (Lipinski definition) is 2. The van der Waals surface area contributed by atoms with Crippen LogP contribution >= 0.6 is 0 Å². The first-order valence-electron chi connectivity index (χ1n) is 10.7. The van der Waals surface area contributed by atoms with Crippen molar-refractivity contribution in [1.29, 1.82) is 0 Å². The number of rotatable bonds is 5. The molecule has 2 aromatic rings. The Kier molecular flexibility index (Phi) is 7.86. The zero-order valence-corrected chi connectivity index (χ0v) is 18.0. The average Bonchev–Trinajstić information content (AvgIpc) is 2.80. The van der Waals surface area contributed by atoms with Gasteiger partial charge in [0.1, 0.15) is 0 Å². The van der Waals surface area contributed by atoms with E-state index in [4.69, 9.17) is 0 Å². The molecule has 0 aromatic heterocycles. The zero-order chi connectivity index (χ0) is 24.9. The predicted molar refractivity (Wildman–Crippen MR) is 116 cm³/mol. The lowest BCUT2D eigenvalue weighted by atomic mass is 9.90. The maximum atomic E-state index is 13.7. The molecule has 3 rings (SSSR count). The summed E-state index contributed by atoms with van der Waals surface area (Å²) in [6, 6.07) is 8.36. The van der Waals surface area contributed by atoms with Crippen LogP contribution in [0.4, 0.5) is 26.3 Å². The lowest BCUT2D eigenvalue weighted by molar-refractivity contribution is -0.138. The minimum atomic E-state index is -4.80. The number of likely N-dealkylation sites (tertiary alicyclic amines) is 1. The highest BCUT2D eigenvalue weighted by molar-refractivity contribution is 5.90. The van der Waals surface area contributed by atoms with E-state index in [1.807, 2.05) is 0 Å². The highest BCUT2D eigenvalue weighted by atomic mass is 19.4. The van der Waals surface area contributed by atoms with Gasteiger partial charge in [0.2, 0.25) is 5.91 Å². The predicted octanol–water partition coefficient (Wildman–Crippen LogP) is 6.09. The highest BCUT2D eigenvalue weighted by Crippen LogP contribution is 2.41. The van der Waals surface area contributed by atoms with Crippen molar-refractivity contribution in [1.82, 2.24) is 4.90 Å². The summed E-state index contributed by atoms with van der Waals surface area (Å²) < 4.78 is 82.1. The van der Waals surface area contributed by atoms with Crippen molar-refractivity contribution >= 4 is 11.5 Å². The van der Waals surface area contributed by atoms with Gasteiger partial charge in [-0.1, -0.05) is 48.6 Å². The first-order chi connectivity index (χ1) is 16.0. The van der Waals surface area contributed by atoms with Crippen LogP contribution < -0.4 is 0 Å². The molecule has 1 unspecified atom stereocenters. The van der Waals surface area contributed by atoms with Gasteiger partial charge in [0.15, 0.2) is 0 Å². The van der Waals surface area contributed by atoms with Gasteiger partial charge in [-0.05, 0) is 48.1 Å². The third kappa shape index (κ3) is 5.88. The molecule has 1 atom stereocenters. The van der Waals surface area contributed by atoms with E-state index >= 15 is 0 Å². The Morgan fingerprint density at radius 1 is 0.912 bits per heavy atom. The fraction of sp³-hybridized carbons (Fsp3) is 0.320. The van der Waals surface area contributed by atoms with Crippen LogP contribution in [0, 0.1) is 0 Å². The number of amides is 1. The molecule has 0 aliphatic carbocycles. The Balaban J connectivity index is 2.10. The molecule has 182 valence electrons. The number of hydrogen-bond donors (Lipinski definition) is 1. The Labute approximate surface area is 193 Å². The maximum Gasteiger partial charge on any atom is 0.417 e. The van der Waals surface area contributed by atoms with Crippen LogP contribution in [0.25, 0.3) is 5.57 Å². The van der Waals surface area contributed by atoms with Gasteiger partial charge in [-0.3, -0.25) is 4.79 Å². The molecule has 1 N–H and O–H groups in total. The molecule has 34 heavy (non-hydrogen) atoms. The van der Waals surface area contributed by atoms with Crippen molar-refractivity contribution in [3.8, 4) is 0 Å². The van der Waals surface area contributed by atoms with E-state index < -0.39 is 40.5 Å². The second-order valence-corrected chi connectivity index (χ2v) is 7.89. The lowest BCUT2D eigenvalue weighted by Gasteiger charge is -2.33. The summed E-state index contributed by atoms with van der Waals surface area (Å²) in [5.41, 5.74) is -3.36. The van der Waals surface area contributed by atoms with Crippen LogP contribution in [-0.2, 0) is 17.1 Å². The highest BCUT2D eigenvalue weighted by Gasteiger charge is 2.37. The second kappa shape index (κ2) is 10.5. The van der Waals surface area contributed by atoms with E-state index in [2.05, 4.69) is 0 Å². The van der Waals surface area contributed by atoms with Crippen LogP contribution in [-0.4, -0.2) is 35.1 Å². The zero-order valence-electron chi connectivity index (χ0n) is 18.0. The van der Waals surface area contributed by atoms with Crippen LogP contribution in [0.1, 0.15) is 41.5 Å². The number of nitrogens with zero attached hydrogens (tertiary/aromatic N) is 1. The van der Waals surface area contributed by atoms with E-state index in [-0.39, 0.29) is 18.2 Å². The van der Waals surface area contributed by atoms with Crippen LogP contribution in [0.5, 0.6) is 0 Å². The molecule has 2 aromatic carbocycles. The summed E-state index contributed by atoms with van der Waals surface area (Å²) in [6.07, 6.45) is -4.04. The Morgan fingerprint density at radius 3 is 1.94 bits per heavy atom. The molecular weight excluding hydrogens is 460 g/mol. The number of carbonyl (C=O) groups is 1. The third-order valence-electron chi connectivity index (χ3n) is 5.67. The van der Waals surface area contributed by atoms with Gasteiger partial charge in [-0.2, -0.15) is 26.3 Å². The molecular formula is C25H23F6NO2. The Morgan fingerprint density at radius 2 is 1.44 bits per heavy atom. The molecule has 1 amide bonds. The number of benzene rings is 2. The summed E-state index contributed by atoms with van der Waals surface area (Å²) in [5, 5.41) is 9.49. The third-order valence-corrected chi connectivity index (χ3v) is 5.67. The number of carbonyl (C=O) groups excluding carboxylic acids is 1. The first kappa shape index (κ1) is 25.6. The van der Waals surface area contributed by atoms with Crippen molar-refractivity contribution in [3.63, 3.8) is 0 Å². The molecule has 1 aliphatic rings. The summed E-state index contributed by atoms with van der Waals surface area (Å²) in [6.45, 7) is 0.192. The van der Waals surface area contributed by atoms with E-state index in [0.29, 0.717) is 13.0 Å². The number of aliphatic hydroxyl groups is 1. The minimum Gasteiger partial charge on any atom is -0.394 e. The minimum absolute atomic E-state index is 0.224. The van der Waals surface area contributed by atoms with Gasteiger partial charge in [0, 0.05) is 12.6 Å². The Hall–Kier alpha value is -3.07. The molecule has 0 bridgehead atoms. The average molecular weight is 483 g/mol. The number of aliphatic hydroxyl groups excluding tert-OH is 1. The molecule has 9 heteroatoms. The van der Waals surface area contributed by atoms with Gasteiger partial charge in [-0.15, -0.1) is 0 Å². The van der Waals surface area contributed by atoms with E-state index in [0.717, 1.165) is 67.5 Å². The number of halogens is 6. The molecule has 1 saturated heterocycles. The van der Waals surface area contributed by atoms with Gasteiger partial charge in [0.05, 0.1) is 23.8 Å². The summed E-state index contributed by atoms with van der Waals surface area (Å²) in [4.78, 5) is 14.1. The van der Waals surface area contributed by atoms with Crippen molar-refractivity contribution in [2.75, 3.05) is 13.2 Å². The standard InChI is InChI=1S/C25H23F6NO2/c26-24(27,28)21-12-3-1-9-19(21)18(20-10-2-4-13-22(20)25(29,30)31)11-7-14-23(34)32-15-6-5-8-17(32)16-33/h1-4,7,9-14,17,33H,5-6,8,15-16H2. The van der Waals surface area contributed by atoms with Crippen molar-refractivity contribution in [2.45, 2.75) is 37.7 Å². The van der Waals surface area contributed by atoms with Gasteiger partial charge in [0.25, 0.3) is 0 Å². The molecule has 0 saturated carbocycles. The van der Waals surface area contributed by atoms with Crippen LogP contribution in [0.15, 0.2) is 66.8 Å². The molecule has 1 fully saturated rings. The van der Waals surface area contributed by atoms with Crippen LogP contribution in [0.3, 0.4) is 0 Å². The summed E-state index contributed by atoms with van der Waals surface area (Å²) in [5.74, 6) is -0.470. The summed E-state index contributed by atoms with van der Waals surface area (Å²) >= 11 is 0. The van der Waals surface area contributed by atoms with Crippen LogP contribution in [0.2, 0.25) is 0 Å². The van der Waals surface area contributed by atoms with E-state index in [9.17, 15) is 36.2 Å². The maximum absolute atomic E-state index is 13.7.